The van der Waals surface area contributed by atoms with Crippen LogP contribution in [0.15, 0.2) is 23.5 Å². The Labute approximate surface area is 122 Å². The second-order valence-corrected chi connectivity index (χ2v) is 5.89. The average Bonchev–Trinajstić information content (AvgIpc) is 2.67. The fraction of sp³-hybridized carbons (Fsp3) is 0.333. The van der Waals surface area contributed by atoms with Gasteiger partial charge in [-0.05, 0) is 38.8 Å². The molecule has 1 heterocycles. The van der Waals surface area contributed by atoms with E-state index in [0.29, 0.717) is 0 Å². The van der Waals surface area contributed by atoms with Crippen molar-refractivity contribution >= 4 is 17.7 Å². The Hall–Kier alpha value is -1.75. The second kappa shape index (κ2) is 5.71. The summed E-state index contributed by atoms with van der Waals surface area (Å²) in [6, 6.07) is 4.26. The van der Waals surface area contributed by atoms with Gasteiger partial charge in [0.15, 0.2) is 5.16 Å². The van der Waals surface area contributed by atoms with E-state index in [4.69, 9.17) is 5.11 Å². The van der Waals surface area contributed by atoms with Gasteiger partial charge in [-0.2, -0.15) is 0 Å². The van der Waals surface area contributed by atoms with Crippen molar-refractivity contribution in [3.05, 3.63) is 40.7 Å². The highest BCUT2D eigenvalue weighted by Gasteiger charge is 2.15. The maximum absolute atomic E-state index is 10.7. The standard InChI is InChI=1S/C15H18N2O2S/c1-9-5-10(2)14(11(3)6-9)17-12(4)7-16-15(17)20-8-13(18)19/h5-7H,8H2,1-4H3,(H,18,19). The topological polar surface area (TPSA) is 55.1 Å². The number of benzene rings is 1. The van der Waals surface area contributed by atoms with Crippen molar-refractivity contribution in [1.82, 2.24) is 9.55 Å². The number of carboxylic acids is 1. The molecule has 0 spiro atoms. The lowest BCUT2D eigenvalue weighted by Gasteiger charge is -2.16. The van der Waals surface area contributed by atoms with Crippen molar-refractivity contribution in [1.29, 1.82) is 0 Å². The minimum Gasteiger partial charge on any atom is -0.481 e. The molecule has 0 atom stereocenters. The van der Waals surface area contributed by atoms with Crippen LogP contribution >= 0.6 is 11.8 Å². The number of thioether (sulfide) groups is 1. The molecular formula is C15H18N2O2S. The lowest BCUT2D eigenvalue weighted by molar-refractivity contribution is -0.133. The van der Waals surface area contributed by atoms with Gasteiger partial charge in [0.05, 0.1) is 11.4 Å². The molecular weight excluding hydrogens is 272 g/mol. The van der Waals surface area contributed by atoms with Crippen LogP contribution in [0.25, 0.3) is 5.69 Å². The van der Waals surface area contributed by atoms with Crippen molar-refractivity contribution in [2.24, 2.45) is 0 Å². The predicted octanol–water partition coefficient (Wildman–Crippen LogP) is 3.28. The monoisotopic (exact) mass is 290 g/mol. The molecule has 5 heteroatoms. The quantitative estimate of drug-likeness (QED) is 0.878. The highest BCUT2D eigenvalue weighted by molar-refractivity contribution is 7.99. The van der Waals surface area contributed by atoms with Gasteiger partial charge in [-0.1, -0.05) is 29.5 Å². The molecule has 0 bridgehead atoms. The summed E-state index contributed by atoms with van der Waals surface area (Å²) >= 11 is 1.24. The summed E-state index contributed by atoms with van der Waals surface area (Å²) in [6.07, 6.45) is 1.78. The maximum Gasteiger partial charge on any atom is 0.313 e. The van der Waals surface area contributed by atoms with Crippen molar-refractivity contribution < 1.29 is 9.90 Å². The first-order chi connectivity index (χ1) is 9.40. The number of carbonyl (C=O) groups is 1. The van der Waals surface area contributed by atoms with E-state index < -0.39 is 5.97 Å². The van der Waals surface area contributed by atoms with E-state index in [1.54, 1.807) is 6.20 Å². The van der Waals surface area contributed by atoms with Crippen molar-refractivity contribution in [2.45, 2.75) is 32.9 Å². The van der Waals surface area contributed by atoms with Gasteiger partial charge in [0.25, 0.3) is 0 Å². The molecule has 1 aromatic heterocycles. The van der Waals surface area contributed by atoms with Crippen LogP contribution in [-0.4, -0.2) is 26.4 Å². The first-order valence-electron chi connectivity index (χ1n) is 6.37. The summed E-state index contributed by atoms with van der Waals surface area (Å²) in [5.41, 5.74) is 5.66. The summed E-state index contributed by atoms with van der Waals surface area (Å²) in [4.78, 5) is 15.1. The van der Waals surface area contributed by atoms with Gasteiger partial charge in [0.2, 0.25) is 0 Å². The van der Waals surface area contributed by atoms with Crippen LogP contribution in [0, 0.1) is 27.7 Å². The van der Waals surface area contributed by atoms with Crippen LogP contribution in [0.5, 0.6) is 0 Å². The molecule has 0 aliphatic carbocycles. The molecule has 20 heavy (non-hydrogen) atoms. The summed E-state index contributed by atoms with van der Waals surface area (Å²) < 4.78 is 2.04. The first kappa shape index (κ1) is 14.7. The van der Waals surface area contributed by atoms with Crippen molar-refractivity contribution in [3.63, 3.8) is 0 Å². The molecule has 0 saturated carbocycles. The number of hydrogen-bond acceptors (Lipinski definition) is 3. The van der Waals surface area contributed by atoms with Crippen LogP contribution in [0.4, 0.5) is 0 Å². The molecule has 2 aromatic rings. The number of imidazole rings is 1. The normalized spacial score (nSPS) is 10.8. The molecule has 0 amide bonds. The number of nitrogens with zero attached hydrogens (tertiary/aromatic N) is 2. The fourth-order valence-corrected chi connectivity index (χ4v) is 3.18. The molecule has 0 aliphatic rings. The second-order valence-electron chi connectivity index (χ2n) is 4.95. The van der Waals surface area contributed by atoms with Gasteiger partial charge in [-0.3, -0.25) is 9.36 Å². The molecule has 1 aromatic carbocycles. The van der Waals surface area contributed by atoms with E-state index in [2.05, 4.69) is 37.9 Å². The zero-order valence-electron chi connectivity index (χ0n) is 12.1. The minimum atomic E-state index is -0.834. The van der Waals surface area contributed by atoms with Gasteiger partial charge in [0, 0.05) is 11.9 Å². The van der Waals surface area contributed by atoms with Crippen molar-refractivity contribution in [3.8, 4) is 5.69 Å². The van der Waals surface area contributed by atoms with Crippen molar-refractivity contribution in [2.75, 3.05) is 5.75 Å². The van der Waals surface area contributed by atoms with Gasteiger partial charge in [0.1, 0.15) is 0 Å². The highest BCUT2D eigenvalue weighted by Crippen LogP contribution is 2.28. The molecule has 0 aliphatic heterocycles. The van der Waals surface area contributed by atoms with Gasteiger partial charge in [-0.15, -0.1) is 0 Å². The summed E-state index contributed by atoms with van der Waals surface area (Å²) in [5.74, 6) is -0.819. The third kappa shape index (κ3) is 2.88. The van der Waals surface area contributed by atoms with E-state index in [1.807, 2.05) is 11.5 Å². The van der Waals surface area contributed by atoms with Gasteiger partial charge < -0.3 is 5.11 Å². The van der Waals surface area contributed by atoms with E-state index in [-0.39, 0.29) is 5.75 Å². The van der Waals surface area contributed by atoms with Crippen LogP contribution < -0.4 is 0 Å². The average molecular weight is 290 g/mol. The Bertz CT molecular complexity index is 639. The Morgan fingerprint density at radius 1 is 1.25 bits per heavy atom. The minimum absolute atomic E-state index is 0.0143. The van der Waals surface area contributed by atoms with Crippen LogP contribution in [0.1, 0.15) is 22.4 Å². The van der Waals surface area contributed by atoms with Crippen LogP contribution in [0.3, 0.4) is 0 Å². The largest absolute Gasteiger partial charge is 0.481 e. The zero-order valence-corrected chi connectivity index (χ0v) is 12.9. The first-order valence-corrected chi connectivity index (χ1v) is 7.36. The van der Waals surface area contributed by atoms with Gasteiger partial charge in [-0.25, -0.2) is 4.98 Å². The molecule has 0 saturated heterocycles. The lowest BCUT2D eigenvalue weighted by atomic mass is 10.0. The van der Waals surface area contributed by atoms with E-state index in [1.165, 1.54) is 28.5 Å². The van der Waals surface area contributed by atoms with Crippen LogP contribution in [-0.2, 0) is 4.79 Å². The zero-order chi connectivity index (χ0) is 14.9. The summed E-state index contributed by atoms with van der Waals surface area (Å²) in [7, 11) is 0. The van der Waals surface area contributed by atoms with E-state index in [9.17, 15) is 4.79 Å². The predicted molar refractivity (Wildman–Crippen MR) is 80.9 cm³/mol. The number of rotatable bonds is 4. The number of aromatic nitrogens is 2. The van der Waals surface area contributed by atoms with E-state index >= 15 is 0 Å². The molecule has 0 radical (unpaired) electrons. The highest BCUT2D eigenvalue weighted by atomic mass is 32.2. The maximum atomic E-state index is 10.7. The van der Waals surface area contributed by atoms with Crippen LogP contribution in [0.2, 0.25) is 0 Å². The molecule has 0 unspecified atom stereocenters. The molecule has 1 N–H and O–H groups in total. The third-order valence-corrected chi connectivity index (χ3v) is 4.03. The Morgan fingerprint density at radius 3 is 2.40 bits per heavy atom. The van der Waals surface area contributed by atoms with Gasteiger partial charge >= 0.3 is 5.97 Å². The van der Waals surface area contributed by atoms with E-state index in [0.717, 1.165) is 16.5 Å². The number of hydrogen-bond donors (Lipinski definition) is 1. The fourth-order valence-electron chi connectivity index (χ4n) is 2.44. The summed E-state index contributed by atoms with van der Waals surface area (Å²) in [5, 5.41) is 9.55. The third-order valence-electron chi connectivity index (χ3n) is 3.09. The SMILES string of the molecule is Cc1cc(C)c(-n2c(C)cnc2SCC(=O)O)c(C)c1. The Kier molecular flexibility index (Phi) is 4.18. The lowest BCUT2D eigenvalue weighted by Crippen LogP contribution is -2.06. The number of aliphatic carboxylic acids is 1. The Morgan fingerprint density at radius 2 is 1.85 bits per heavy atom. The number of carboxylic acid groups (broad SMARTS) is 1. The molecule has 0 fully saturated rings. The summed E-state index contributed by atoms with van der Waals surface area (Å²) in [6.45, 7) is 8.20. The molecule has 106 valence electrons. The molecule has 2 rings (SSSR count). The smallest absolute Gasteiger partial charge is 0.313 e. The Balaban J connectivity index is 2.52. The molecule has 4 nitrogen and oxygen atoms in total. The number of aryl methyl sites for hydroxylation is 4.